The first-order chi connectivity index (χ1) is 8.51. The SMILES string of the molecule is COCC(Nc1ccc(C)c(OC)c1C)C(C)C. The van der Waals surface area contributed by atoms with E-state index in [1.165, 1.54) is 0 Å². The molecule has 0 heterocycles. The van der Waals surface area contributed by atoms with Crippen LogP contribution in [0.4, 0.5) is 5.69 Å². The van der Waals surface area contributed by atoms with E-state index in [2.05, 4.69) is 45.1 Å². The summed E-state index contributed by atoms with van der Waals surface area (Å²) in [6.45, 7) is 9.23. The first kappa shape index (κ1) is 14.8. The Morgan fingerprint density at radius 3 is 2.33 bits per heavy atom. The predicted octanol–water partition coefficient (Wildman–Crippen LogP) is 3.39. The molecule has 0 spiro atoms. The second-order valence-electron chi connectivity index (χ2n) is 5.04. The fraction of sp³-hybridized carbons (Fsp3) is 0.600. The number of methoxy groups -OCH3 is 2. The number of hydrogen-bond donors (Lipinski definition) is 1. The third-order valence-corrected chi connectivity index (χ3v) is 3.30. The molecule has 1 aromatic carbocycles. The maximum atomic E-state index is 5.45. The van der Waals surface area contributed by atoms with Crippen LogP contribution in [0.1, 0.15) is 25.0 Å². The van der Waals surface area contributed by atoms with Crippen LogP contribution in [0.25, 0.3) is 0 Å². The first-order valence-corrected chi connectivity index (χ1v) is 6.40. The molecular weight excluding hydrogens is 226 g/mol. The lowest BCUT2D eigenvalue weighted by Gasteiger charge is -2.24. The van der Waals surface area contributed by atoms with Crippen LogP contribution in [0.15, 0.2) is 12.1 Å². The third-order valence-electron chi connectivity index (χ3n) is 3.30. The Bertz CT molecular complexity index is 388. The number of ether oxygens (including phenoxy) is 2. The van der Waals surface area contributed by atoms with E-state index in [1.807, 2.05) is 0 Å². The summed E-state index contributed by atoms with van der Waals surface area (Å²) in [5.74, 6) is 1.47. The van der Waals surface area contributed by atoms with Gasteiger partial charge in [-0.3, -0.25) is 0 Å². The highest BCUT2D eigenvalue weighted by Gasteiger charge is 2.15. The molecule has 0 bridgehead atoms. The third kappa shape index (κ3) is 3.39. The minimum absolute atomic E-state index is 0.307. The summed E-state index contributed by atoms with van der Waals surface area (Å²) in [5, 5.41) is 3.54. The highest BCUT2D eigenvalue weighted by molar-refractivity contribution is 5.60. The maximum Gasteiger partial charge on any atom is 0.126 e. The van der Waals surface area contributed by atoms with Crippen molar-refractivity contribution in [2.24, 2.45) is 5.92 Å². The summed E-state index contributed by atoms with van der Waals surface area (Å²) in [6, 6.07) is 4.50. The predicted molar refractivity (Wildman–Crippen MR) is 76.6 cm³/mol. The average molecular weight is 251 g/mol. The molecule has 0 aliphatic heterocycles. The normalized spacial score (nSPS) is 12.6. The van der Waals surface area contributed by atoms with Gasteiger partial charge in [-0.1, -0.05) is 19.9 Å². The van der Waals surface area contributed by atoms with E-state index in [9.17, 15) is 0 Å². The topological polar surface area (TPSA) is 30.5 Å². The van der Waals surface area contributed by atoms with Crippen LogP contribution in [0.3, 0.4) is 0 Å². The lowest BCUT2D eigenvalue weighted by molar-refractivity contribution is 0.171. The first-order valence-electron chi connectivity index (χ1n) is 6.40. The van der Waals surface area contributed by atoms with Crippen LogP contribution in [0.5, 0.6) is 5.75 Å². The molecular formula is C15H25NO2. The van der Waals surface area contributed by atoms with Crippen LogP contribution in [0, 0.1) is 19.8 Å². The number of benzene rings is 1. The van der Waals surface area contributed by atoms with Crippen LogP contribution in [-0.4, -0.2) is 26.9 Å². The van der Waals surface area contributed by atoms with Gasteiger partial charge >= 0.3 is 0 Å². The van der Waals surface area contributed by atoms with Gasteiger partial charge < -0.3 is 14.8 Å². The number of rotatable bonds is 6. The Labute approximate surface area is 110 Å². The van der Waals surface area contributed by atoms with Crippen molar-refractivity contribution in [1.82, 2.24) is 0 Å². The summed E-state index contributed by atoms with van der Waals surface area (Å²) in [5.41, 5.74) is 3.43. The minimum atomic E-state index is 0.307. The van der Waals surface area contributed by atoms with Crippen molar-refractivity contribution in [3.05, 3.63) is 23.3 Å². The van der Waals surface area contributed by atoms with E-state index < -0.39 is 0 Å². The molecule has 0 aliphatic rings. The van der Waals surface area contributed by atoms with Gasteiger partial charge in [-0.15, -0.1) is 0 Å². The second-order valence-corrected chi connectivity index (χ2v) is 5.04. The fourth-order valence-corrected chi connectivity index (χ4v) is 2.08. The minimum Gasteiger partial charge on any atom is -0.496 e. The molecule has 0 saturated heterocycles. The zero-order chi connectivity index (χ0) is 13.7. The highest BCUT2D eigenvalue weighted by Crippen LogP contribution is 2.30. The average Bonchev–Trinajstić information content (AvgIpc) is 2.32. The van der Waals surface area contributed by atoms with Gasteiger partial charge in [0, 0.05) is 18.4 Å². The summed E-state index contributed by atoms with van der Waals surface area (Å²) < 4.78 is 10.7. The van der Waals surface area contributed by atoms with Gasteiger partial charge in [0.15, 0.2) is 0 Å². The Hall–Kier alpha value is -1.22. The van der Waals surface area contributed by atoms with Crippen molar-refractivity contribution in [1.29, 1.82) is 0 Å². The largest absolute Gasteiger partial charge is 0.496 e. The molecule has 18 heavy (non-hydrogen) atoms. The lowest BCUT2D eigenvalue weighted by atomic mass is 10.0. The summed E-state index contributed by atoms with van der Waals surface area (Å²) in [4.78, 5) is 0. The summed E-state index contributed by atoms with van der Waals surface area (Å²) in [7, 11) is 3.45. The van der Waals surface area contributed by atoms with Crippen molar-refractivity contribution in [2.45, 2.75) is 33.7 Å². The number of anilines is 1. The highest BCUT2D eigenvalue weighted by atomic mass is 16.5. The van der Waals surface area contributed by atoms with E-state index in [1.54, 1.807) is 14.2 Å². The molecule has 1 atom stereocenters. The Morgan fingerprint density at radius 1 is 1.17 bits per heavy atom. The quantitative estimate of drug-likeness (QED) is 0.840. The van der Waals surface area contributed by atoms with Crippen LogP contribution in [0.2, 0.25) is 0 Å². The lowest BCUT2D eigenvalue weighted by Crippen LogP contribution is -2.30. The molecule has 0 saturated carbocycles. The van der Waals surface area contributed by atoms with Crippen molar-refractivity contribution in [2.75, 3.05) is 26.1 Å². The van der Waals surface area contributed by atoms with Crippen molar-refractivity contribution >= 4 is 5.69 Å². The monoisotopic (exact) mass is 251 g/mol. The zero-order valence-electron chi connectivity index (χ0n) is 12.3. The molecule has 0 aliphatic carbocycles. The van der Waals surface area contributed by atoms with E-state index in [0.29, 0.717) is 18.6 Å². The van der Waals surface area contributed by atoms with Crippen LogP contribution < -0.4 is 10.1 Å². The molecule has 1 rings (SSSR count). The van der Waals surface area contributed by atoms with Gasteiger partial charge in [0.2, 0.25) is 0 Å². The Balaban J connectivity index is 2.96. The number of nitrogens with one attached hydrogen (secondary N) is 1. The summed E-state index contributed by atoms with van der Waals surface area (Å²) >= 11 is 0. The van der Waals surface area contributed by atoms with Gasteiger partial charge in [0.25, 0.3) is 0 Å². The molecule has 0 fully saturated rings. The molecule has 1 N–H and O–H groups in total. The number of hydrogen-bond acceptors (Lipinski definition) is 3. The Kier molecular flexibility index (Phi) is 5.48. The van der Waals surface area contributed by atoms with Gasteiger partial charge in [-0.2, -0.15) is 0 Å². The molecule has 0 aromatic heterocycles. The van der Waals surface area contributed by atoms with Crippen molar-refractivity contribution < 1.29 is 9.47 Å². The zero-order valence-corrected chi connectivity index (χ0v) is 12.3. The standard InChI is InChI=1S/C15H25NO2/c1-10(2)14(9-17-5)16-13-8-7-11(3)15(18-6)12(13)4/h7-8,10,14,16H,9H2,1-6H3. The van der Waals surface area contributed by atoms with E-state index in [0.717, 1.165) is 22.6 Å². The molecule has 3 heteroatoms. The van der Waals surface area contributed by atoms with Gasteiger partial charge in [0.05, 0.1) is 19.8 Å². The van der Waals surface area contributed by atoms with E-state index in [4.69, 9.17) is 9.47 Å². The Morgan fingerprint density at radius 2 is 1.83 bits per heavy atom. The molecule has 3 nitrogen and oxygen atoms in total. The number of aryl methyl sites for hydroxylation is 1. The van der Waals surface area contributed by atoms with E-state index in [-0.39, 0.29) is 0 Å². The van der Waals surface area contributed by atoms with Gasteiger partial charge in [0.1, 0.15) is 5.75 Å². The van der Waals surface area contributed by atoms with Crippen molar-refractivity contribution in [3.8, 4) is 5.75 Å². The smallest absolute Gasteiger partial charge is 0.126 e. The molecule has 0 amide bonds. The van der Waals surface area contributed by atoms with Crippen LogP contribution in [-0.2, 0) is 4.74 Å². The fourth-order valence-electron chi connectivity index (χ4n) is 2.08. The summed E-state index contributed by atoms with van der Waals surface area (Å²) in [6.07, 6.45) is 0. The van der Waals surface area contributed by atoms with E-state index >= 15 is 0 Å². The van der Waals surface area contributed by atoms with Crippen LogP contribution >= 0.6 is 0 Å². The van der Waals surface area contributed by atoms with Gasteiger partial charge in [-0.05, 0) is 31.4 Å². The maximum absolute atomic E-state index is 5.45. The molecule has 102 valence electrons. The van der Waals surface area contributed by atoms with Gasteiger partial charge in [-0.25, -0.2) is 0 Å². The molecule has 0 radical (unpaired) electrons. The molecule has 1 unspecified atom stereocenters. The second kappa shape index (κ2) is 6.64. The van der Waals surface area contributed by atoms with Crippen molar-refractivity contribution in [3.63, 3.8) is 0 Å². The molecule has 1 aromatic rings.